The first-order valence-electron chi connectivity index (χ1n) is 4.47. The second kappa shape index (κ2) is 5.07. The number of halogens is 1. The van der Waals surface area contributed by atoms with E-state index in [-0.39, 0.29) is 12.2 Å². The molecule has 1 aromatic carbocycles. The minimum absolute atomic E-state index is 0.0294. The van der Waals surface area contributed by atoms with Crippen LogP contribution >= 0.6 is 15.9 Å². The smallest absolute Gasteiger partial charge is 0.317 e. The summed E-state index contributed by atoms with van der Waals surface area (Å²) in [5.41, 5.74) is 1.62. The van der Waals surface area contributed by atoms with Crippen LogP contribution in [0.2, 0.25) is 0 Å². The average Bonchev–Trinajstić information content (AvgIpc) is 2.18. The van der Waals surface area contributed by atoms with Crippen LogP contribution in [0.1, 0.15) is 22.3 Å². The second-order valence-corrected chi connectivity index (χ2v) is 4.40. The molecule has 0 aliphatic rings. The predicted octanol–water partition coefficient (Wildman–Crippen LogP) is 2.42. The molecule has 1 unspecified atom stereocenters. The SMILES string of the molecule is Cc1ccc(C(=O)CC(Br)C(=O)O)cc1. The lowest BCUT2D eigenvalue weighted by Gasteiger charge is -2.04. The molecule has 0 saturated heterocycles. The number of hydrogen-bond donors (Lipinski definition) is 1. The third-order valence-electron chi connectivity index (χ3n) is 2.01. The Kier molecular flexibility index (Phi) is 4.03. The first-order chi connectivity index (χ1) is 7.00. The summed E-state index contributed by atoms with van der Waals surface area (Å²) >= 11 is 2.93. The van der Waals surface area contributed by atoms with Gasteiger partial charge in [-0.05, 0) is 6.92 Å². The van der Waals surface area contributed by atoms with Crippen LogP contribution in [-0.4, -0.2) is 21.7 Å². The van der Waals surface area contributed by atoms with Crippen LogP contribution in [0.15, 0.2) is 24.3 Å². The molecule has 0 radical (unpaired) electrons. The maximum atomic E-state index is 11.6. The summed E-state index contributed by atoms with van der Waals surface area (Å²) in [6, 6.07) is 7.08. The van der Waals surface area contributed by atoms with E-state index in [1.165, 1.54) is 0 Å². The van der Waals surface area contributed by atoms with Gasteiger partial charge in [0.15, 0.2) is 5.78 Å². The van der Waals surface area contributed by atoms with Crippen LogP contribution < -0.4 is 0 Å². The van der Waals surface area contributed by atoms with Gasteiger partial charge >= 0.3 is 5.97 Å². The van der Waals surface area contributed by atoms with E-state index >= 15 is 0 Å². The Morgan fingerprint density at radius 3 is 2.33 bits per heavy atom. The number of alkyl halides is 1. The summed E-state index contributed by atoms with van der Waals surface area (Å²) < 4.78 is 0. The Morgan fingerprint density at radius 2 is 1.87 bits per heavy atom. The number of carbonyl (C=O) groups is 2. The van der Waals surface area contributed by atoms with Gasteiger partial charge in [-0.2, -0.15) is 0 Å². The van der Waals surface area contributed by atoms with Crippen molar-refractivity contribution in [2.75, 3.05) is 0 Å². The number of Topliss-reactive ketones (excluding diaryl/α,β-unsaturated/α-hetero) is 1. The van der Waals surface area contributed by atoms with Crippen molar-refractivity contribution in [3.8, 4) is 0 Å². The zero-order chi connectivity index (χ0) is 11.4. The highest BCUT2D eigenvalue weighted by atomic mass is 79.9. The fourth-order valence-electron chi connectivity index (χ4n) is 1.11. The van der Waals surface area contributed by atoms with Crippen LogP contribution in [0.4, 0.5) is 0 Å². The summed E-state index contributed by atoms with van der Waals surface area (Å²) in [4.78, 5) is 21.3. The fourth-order valence-corrected chi connectivity index (χ4v) is 1.40. The van der Waals surface area contributed by atoms with Crippen LogP contribution in [0.3, 0.4) is 0 Å². The van der Waals surface area contributed by atoms with Gasteiger partial charge in [0, 0.05) is 12.0 Å². The number of rotatable bonds is 4. The summed E-state index contributed by atoms with van der Waals surface area (Å²) in [5, 5.41) is 8.62. The van der Waals surface area contributed by atoms with Crippen LogP contribution in [0, 0.1) is 6.92 Å². The zero-order valence-corrected chi connectivity index (χ0v) is 9.82. The van der Waals surface area contributed by atoms with Crippen LogP contribution in [0.25, 0.3) is 0 Å². The van der Waals surface area contributed by atoms with Crippen molar-refractivity contribution in [1.82, 2.24) is 0 Å². The molecule has 1 aromatic rings. The first-order valence-corrected chi connectivity index (χ1v) is 5.39. The number of aryl methyl sites for hydroxylation is 1. The molecule has 1 rings (SSSR count). The lowest BCUT2D eigenvalue weighted by molar-refractivity contribution is -0.136. The first kappa shape index (κ1) is 11.9. The molecule has 0 amide bonds. The highest BCUT2D eigenvalue weighted by Crippen LogP contribution is 2.12. The van der Waals surface area contributed by atoms with Gasteiger partial charge in [-0.15, -0.1) is 0 Å². The van der Waals surface area contributed by atoms with E-state index in [2.05, 4.69) is 15.9 Å². The van der Waals surface area contributed by atoms with Crippen LogP contribution in [0.5, 0.6) is 0 Å². The van der Waals surface area contributed by atoms with Gasteiger partial charge in [-0.1, -0.05) is 45.8 Å². The Bertz CT molecular complexity index is 370. The topological polar surface area (TPSA) is 54.4 Å². The van der Waals surface area contributed by atoms with Crippen molar-refractivity contribution in [3.63, 3.8) is 0 Å². The van der Waals surface area contributed by atoms with E-state index in [1.807, 2.05) is 19.1 Å². The molecule has 3 nitrogen and oxygen atoms in total. The molecule has 1 atom stereocenters. The Hall–Kier alpha value is -1.16. The van der Waals surface area contributed by atoms with E-state index in [1.54, 1.807) is 12.1 Å². The molecule has 0 aliphatic carbocycles. The molecule has 0 bridgehead atoms. The number of carboxylic acids is 1. The maximum absolute atomic E-state index is 11.6. The number of aliphatic carboxylic acids is 1. The van der Waals surface area contributed by atoms with E-state index in [0.717, 1.165) is 5.56 Å². The Balaban J connectivity index is 2.69. The molecule has 0 fully saturated rings. The molecular weight excluding hydrogens is 260 g/mol. The zero-order valence-electron chi connectivity index (χ0n) is 8.24. The van der Waals surface area contributed by atoms with E-state index < -0.39 is 10.8 Å². The molecule has 0 spiro atoms. The number of ketones is 1. The van der Waals surface area contributed by atoms with E-state index in [4.69, 9.17) is 5.11 Å². The van der Waals surface area contributed by atoms with Crippen molar-refractivity contribution in [1.29, 1.82) is 0 Å². The third kappa shape index (κ3) is 3.47. The van der Waals surface area contributed by atoms with Gasteiger partial charge in [0.1, 0.15) is 4.83 Å². The Labute approximate surface area is 96.2 Å². The number of carboxylic acid groups (broad SMARTS) is 1. The van der Waals surface area contributed by atoms with Crippen molar-refractivity contribution in [3.05, 3.63) is 35.4 Å². The molecule has 80 valence electrons. The summed E-state index contributed by atoms with van der Waals surface area (Å²) in [6.45, 7) is 1.93. The van der Waals surface area contributed by atoms with Gasteiger partial charge in [0.2, 0.25) is 0 Å². The van der Waals surface area contributed by atoms with Gasteiger partial charge in [-0.3, -0.25) is 9.59 Å². The molecule has 0 saturated carbocycles. The van der Waals surface area contributed by atoms with Crippen molar-refractivity contribution in [2.24, 2.45) is 0 Å². The standard InChI is InChI=1S/C11H11BrO3/c1-7-2-4-8(5-3-7)10(13)6-9(12)11(14)15/h2-5,9H,6H2,1H3,(H,14,15). The lowest BCUT2D eigenvalue weighted by Crippen LogP contribution is -2.17. The van der Waals surface area contributed by atoms with E-state index in [0.29, 0.717) is 5.56 Å². The second-order valence-electron chi connectivity index (χ2n) is 3.30. The molecule has 1 N–H and O–H groups in total. The highest BCUT2D eigenvalue weighted by molar-refractivity contribution is 9.10. The van der Waals surface area contributed by atoms with Crippen molar-refractivity contribution >= 4 is 27.7 Å². The van der Waals surface area contributed by atoms with Crippen molar-refractivity contribution < 1.29 is 14.7 Å². The average molecular weight is 271 g/mol. The van der Waals surface area contributed by atoms with Gasteiger partial charge in [-0.25, -0.2) is 0 Å². The molecule has 0 aromatic heterocycles. The monoisotopic (exact) mass is 270 g/mol. The normalized spacial score (nSPS) is 12.1. The minimum Gasteiger partial charge on any atom is -0.480 e. The molecular formula is C11H11BrO3. The fraction of sp³-hybridized carbons (Fsp3) is 0.273. The predicted molar refractivity (Wildman–Crippen MR) is 60.5 cm³/mol. The van der Waals surface area contributed by atoms with Crippen LogP contribution in [-0.2, 0) is 4.79 Å². The quantitative estimate of drug-likeness (QED) is 0.675. The maximum Gasteiger partial charge on any atom is 0.317 e. The summed E-state index contributed by atoms with van der Waals surface area (Å²) in [5.74, 6) is -1.19. The lowest BCUT2D eigenvalue weighted by atomic mass is 10.1. The van der Waals surface area contributed by atoms with E-state index in [9.17, 15) is 9.59 Å². The van der Waals surface area contributed by atoms with Gasteiger partial charge in [0.05, 0.1) is 0 Å². The summed E-state index contributed by atoms with van der Waals surface area (Å²) in [6.07, 6.45) is -0.0294. The highest BCUT2D eigenvalue weighted by Gasteiger charge is 2.18. The largest absolute Gasteiger partial charge is 0.480 e. The summed E-state index contributed by atoms with van der Waals surface area (Å²) in [7, 11) is 0. The number of carbonyl (C=O) groups excluding carboxylic acids is 1. The minimum atomic E-state index is -1.02. The van der Waals surface area contributed by atoms with Gasteiger partial charge < -0.3 is 5.11 Å². The molecule has 15 heavy (non-hydrogen) atoms. The molecule has 0 aliphatic heterocycles. The molecule has 4 heteroatoms. The molecule has 0 heterocycles. The van der Waals surface area contributed by atoms with Crippen molar-refractivity contribution in [2.45, 2.75) is 18.2 Å². The Morgan fingerprint density at radius 1 is 1.33 bits per heavy atom. The third-order valence-corrected chi connectivity index (χ3v) is 2.72. The van der Waals surface area contributed by atoms with Gasteiger partial charge in [0.25, 0.3) is 0 Å². The number of benzene rings is 1. The number of hydrogen-bond acceptors (Lipinski definition) is 2.